The van der Waals surface area contributed by atoms with Crippen LogP contribution in [0, 0.1) is 25.1 Å². The second kappa shape index (κ2) is 8.63. The Morgan fingerprint density at radius 3 is 2.65 bits per heavy atom. The number of aryl methyl sites for hydroxylation is 1. The first-order valence-corrected chi connectivity index (χ1v) is 11.1. The Labute approximate surface area is 185 Å². The van der Waals surface area contributed by atoms with E-state index in [1.54, 1.807) is 18.2 Å². The van der Waals surface area contributed by atoms with E-state index in [1.807, 2.05) is 24.5 Å². The molecular formula is C23H24FN5OS. The van der Waals surface area contributed by atoms with Gasteiger partial charge in [0.15, 0.2) is 5.84 Å². The second-order valence-corrected chi connectivity index (χ2v) is 8.65. The van der Waals surface area contributed by atoms with E-state index in [0.29, 0.717) is 5.17 Å². The Morgan fingerprint density at radius 2 is 1.94 bits per heavy atom. The molecule has 1 aromatic heterocycles. The highest BCUT2D eigenvalue weighted by molar-refractivity contribution is 8.26. The molecule has 1 N–H and O–H groups in total. The zero-order chi connectivity index (χ0) is 22.1. The van der Waals surface area contributed by atoms with Crippen LogP contribution in [0.4, 0.5) is 4.39 Å². The topological polar surface area (TPSA) is 73.8 Å². The highest BCUT2D eigenvalue weighted by Crippen LogP contribution is 2.31. The van der Waals surface area contributed by atoms with Gasteiger partial charge in [-0.3, -0.25) is 10.2 Å². The fourth-order valence-corrected chi connectivity index (χ4v) is 4.66. The molecule has 0 atom stereocenters. The number of nitrogens with one attached hydrogen (secondary N) is 1. The number of thioether (sulfide) groups is 1. The van der Waals surface area contributed by atoms with Crippen LogP contribution in [0.15, 0.2) is 46.0 Å². The third-order valence-corrected chi connectivity index (χ3v) is 6.31. The van der Waals surface area contributed by atoms with Gasteiger partial charge in [0.05, 0.1) is 5.57 Å². The van der Waals surface area contributed by atoms with Crippen LogP contribution in [0.3, 0.4) is 0 Å². The van der Waals surface area contributed by atoms with Crippen molar-refractivity contribution in [3.63, 3.8) is 0 Å². The number of hydrogen-bond donors (Lipinski definition) is 1. The maximum absolute atomic E-state index is 13.3. The third-order valence-electron chi connectivity index (χ3n) is 5.35. The Hall–Kier alpha value is -3.00. The zero-order valence-electron chi connectivity index (χ0n) is 17.8. The zero-order valence-corrected chi connectivity index (χ0v) is 18.6. The Bertz CT molecular complexity index is 1140. The summed E-state index contributed by atoms with van der Waals surface area (Å²) in [6.45, 7) is 6.03. The van der Waals surface area contributed by atoms with Crippen molar-refractivity contribution in [3.05, 3.63) is 58.7 Å². The molecule has 0 aliphatic carbocycles. The molecule has 2 aliphatic heterocycles. The monoisotopic (exact) mass is 437 g/mol. The largest absolute Gasteiger partial charge is 0.318 e. The van der Waals surface area contributed by atoms with E-state index in [0.717, 1.165) is 53.4 Å². The smallest absolute Gasteiger partial charge is 0.283 e. The molecule has 2 aromatic rings. The SMILES string of the molecule is CCCCCC1=NN2C(=N)C(=Cc3cc(C)n(-c4ccc(F)cc4)c3C)C(=O)N=C2S1. The molecule has 8 heteroatoms. The molecule has 160 valence electrons. The number of carbonyl (C=O) groups excluding carboxylic acids is 1. The number of amides is 1. The summed E-state index contributed by atoms with van der Waals surface area (Å²) in [5.41, 5.74) is 3.70. The van der Waals surface area contributed by atoms with E-state index in [9.17, 15) is 9.18 Å². The lowest BCUT2D eigenvalue weighted by Gasteiger charge is -2.20. The lowest BCUT2D eigenvalue weighted by atomic mass is 10.1. The van der Waals surface area contributed by atoms with Gasteiger partial charge in [-0.25, -0.2) is 4.39 Å². The third kappa shape index (κ3) is 4.12. The number of aromatic nitrogens is 1. The van der Waals surface area contributed by atoms with Gasteiger partial charge in [-0.2, -0.15) is 15.1 Å². The first-order valence-electron chi connectivity index (χ1n) is 10.3. The predicted octanol–water partition coefficient (Wildman–Crippen LogP) is 5.43. The highest BCUT2D eigenvalue weighted by atomic mass is 32.2. The number of hydrogen-bond acceptors (Lipinski definition) is 4. The normalized spacial score (nSPS) is 17.3. The van der Waals surface area contributed by atoms with Crippen LogP contribution in [-0.4, -0.2) is 31.5 Å². The molecule has 0 unspecified atom stereocenters. The summed E-state index contributed by atoms with van der Waals surface area (Å²) in [7, 11) is 0. The first-order chi connectivity index (χ1) is 14.9. The van der Waals surface area contributed by atoms with Gasteiger partial charge in [0.1, 0.15) is 10.9 Å². The van der Waals surface area contributed by atoms with E-state index in [-0.39, 0.29) is 17.2 Å². The quantitative estimate of drug-likeness (QED) is 0.483. The molecular weight excluding hydrogens is 413 g/mol. The fourth-order valence-electron chi connectivity index (χ4n) is 3.74. The molecule has 0 radical (unpaired) electrons. The van der Waals surface area contributed by atoms with Gasteiger partial charge in [0.2, 0.25) is 5.17 Å². The molecule has 0 spiro atoms. The van der Waals surface area contributed by atoms with Crippen molar-refractivity contribution in [2.24, 2.45) is 10.1 Å². The number of rotatable bonds is 6. The molecule has 0 saturated heterocycles. The number of halogens is 1. The summed E-state index contributed by atoms with van der Waals surface area (Å²) < 4.78 is 15.3. The molecule has 1 amide bonds. The van der Waals surface area contributed by atoms with Crippen molar-refractivity contribution >= 4 is 39.8 Å². The Balaban J connectivity index is 1.64. The number of amidine groups is 2. The molecule has 4 rings (SSSR count). The average Bonchev–Trinajstić information content (AvgIpc) is 3.26. The van der Waals surface area contributed by atoms with Gasteiger partial charge in [0, 0.05) is 17.1 Å². The summed E-state index contributed by atoms with van der Waals surface area (Å²) in [4.78, 5) is 16.9. The molecule has 0 fully saturated rings. The molecule has 0 bridgehead atoms. The van der Waals surface area contributed by atoms with Crippen molar-refractivity contribution < 1.29 is 9.18 Å². The van der Waals surface area contributed by atoms with E-state index in [1.165, 1.54) is 28.9 Å². The van der Waals surface area contributed by atoms with Gasteiger partial charge < -0.3 is 4.57 Å². The van der Waals surface area contributed by atoms with Gasteiger partial charge in [-0.1, -0.05) is 19.8 Å². The molecule has 31 heavy (non-hydrogen) atoms. The minimum atomic E-state index is -0.430. The first kappa shape index (κ1) is 21.2. The number of nitrogens with zero attached hydrogens (tertiary/aromatic N) is 4. The fraction of sp³-hybridized carbons (Fsp3) is 0.304. The van der Waals surface area contributed by atoms with E-state index in [4.69, 9.17) is 5.41 Å². The van der Waals surface area contributed by atoms with Gasteiger partial charge in [0.25, 0.3) is 5.91 Å². The Kier molecular flexibility index (Phi) is 5.91. The van der Waals surface area contributed by atoms with Crippen LogP contribution < -0.4 is 0 Å². The summed E-state index contributed by atoms with van der Waals surface area (Å²) in [6.07, 6.45) is 5.80. The number of carbonyl (C=O) groups is 1. The predicted molar refractivity (Wildman–Crippen MR) is 124 cm³/mol. The molecule has 1 aromatic carbocycles. The highest BCUT2D eigenvalue weighted by Gasteiger charge is 2.35. The van der Waals surface area contributed by atoms with Crippen molar-refractivity contribution in [2.45, 2.75) is 46.5 Å². The molecule has 2 aliphatic rings. The van der Waals surface area contributed by atoms with E-state index < -0.39 is 5.91 Å². The van der Waals surface area contributed by atoms with Crippen LogP contribution in [0.5, 0.6) is 0 Å². The molecule has 6 nitrogen and oxygen atoms in total. The number of hydrazone groups is 1. The van der Waals surface area contributed by atoms with Crippen molar-refractivity contribution in [1.29, 1.82) is 5.41 Å². The maximum atomic E-state index is 13.3. The van der Waals surface area contributed by atoms with E-state index in [2.05, 4.69) is 17.0 Å². The van der Waals surface area contributed by atoms with Gasteiger partial charge >= 0.3 is 0 Å². The molecule has 0 saturated carbocycles. The van der Waals surface area contributed by atoms with Crippen LogP contribution in [0.25, 0.3) is 11.8 Å². The summed E-state index contributed by atoms with van der Waals surface area (Å²) in [5.74, 6) is -0.679. The number of aliphatic imine (C=N–C) groups is 1. The average molecular weight is 438 g/mol. The van der Waals surface area contributed by atoms with Crippen LogP contribution in [0.2, 0.25) is 0 Å². The number of unbranched alkanes of at least 4 members (excludes halogenated alkanes) is 2. The minimum Gasteiger partial charge on any atom is -0.318 e. The van der Waals surface area contributed by atoms with E-state index >= 15 is 0 Å². The number of fused-ring (bicyclic) bond motifs is 1. The summed E-state index contributed by atoms with van der Waals surface area (Å²) in [5, 5.41) is 15.9. The van der Waals surface area contributed by atoms with Crippen molar-refractivity contribution in [3.8, 4) is 5.69 Å². The van der Waals surface area contributed by atoms with Crippen molar-refractivity contribution in [1.82, 2.24) is 9.58 Å². The van der Waals surface area contributed by atoms with Crippen LogP contribution >= 0.6 is 11.8 Å². The summed E-state index contributed by atoms with van der Waals surface area (Å²) in [6, 6.07) is 8.22. The second-order valence-electron chi connectivity index (χ2n) is 7.61. The van der Waals surface area contributed by atoms with Crippen LogP contribution in [-0.2, 0) is 4.79 Å². The lowest BCUT2D eigenvalue weighted by Crippen LogP contribution is -2.35. The van der Waals surface area contributed by atoms with Gasteiger partial charge in [-0.05, 0) is 80.4 Å². The van der Waals surface area contributed by atoms with Crippen molar-refractivity contribution in [2.75, 3.05) is 0 Å². The van der Waals surface area contributed by atoms with Gasteiger partial charge in [-0.15, -0.1) is 0 Å². The standard InChI is InChI=1S/C23H24FN5OS/c1-4-5-6-7-20-27-29-21(25)19(22(30)26-23(29)31-20)13-16-12-14(2)28(15(16)3)18-10-8-17(24)9-11-18/h8-13,25H,4-7H2,1-3H3. The number of benzene rings is 1. The Morgan fingerprint density at radius 1 is 1.19 bits per heavy atom. The maximum Gasteiger partial charge on any atom is 0.283 e. The molecule has 3 heterocycles. The minimum absolute atomic E-state index is 0.0413. The van der Waals surface area contributed by atoms with Crippen LogP contribution in [0.1, 0.15) is 49.6 Å². The summed E-state index contributed by atoms with van der Waals surface area (Å²) >= 11 is 1.37. The lowest BCUT2D eigenvalue weighted by molar-refractivity contribution is -0.114.